The van der Waals surface area contributed by atoms with Crippen LogP contribution in [0, 0.1) is 12.8 Å². The van der Waals surface area contributed by atoms with Crippen LogP contribution in [0.5, 0.6) is 5.75 Å². The Balaban J connectivity index is 1.42. The van der Waals surface area contributed by atoms with E-state index in [9.17, 15) is 9.59 Å². The summed E-state index contributed by atoms with van der Waals surface area (Å²) in [5, 5.41) is 0. The summed E-state index contributed by atoms with van der Waals surface area (Å²) < 4.78 is 7.07. The molecule has 0 unspecified atom stereocenters. The second-order valence-electron chi connectivity index (χ2n) is 7.18. The number of benzene rings is 1. The molecule has 0 atom stereocenters. The summed E-state index contributed by atoms with van der Waals surface area (Å²) in [7, 11) is 1.61. The van der Waals surface area contributed by atoms with Gasteiger partial charge in [0.05, 0.1) is 7.11 Å². The van der Waals surface area contributed by atoms with Crippen molar-refractivity contribution in [3.63, 3.8) is 0 Å². The number of likely N-dealkylation sites (tertiary alicyclic amines) is 1. The number of rotatable bonds is 4. The van der Waals surface area contributed by atoms with Gasteiger partial charge in [0.25, 0.3) is 5.91 Å². The molecule has 1 amide bonds. The van der Waals surface area contributed by atoms with Gasteiger partial charge in [-0.1, -0.05) is 6.07 Å². The molecule has 0 radical (unpaired) electrons. The van der Waals surface area contributed by atoms with E-state index in [2.05, 4.69) is 4.98 Å². The third-order valence-corrected chi connectivity index (χ3v) is 5.44. The second-order valence-corrected chi connectivity index (χ2v) is 7.18. The lowest BCUT2D eigenvalue weighted by molar-refractivity contribution is 0.0646. The minimum atomic E-state index is -0.0709. The highest BCUT2D eigenvalue weighted by Crippen LogP contribution is 2.24. The van der Waals surface area contributed by atoms with Gasteiger partial charge in [-0.25, -0.2) is 4.98 Å². The lowest BCUT2D eigenvalue weighted by Gasteiger charge is -2.30. The molecule has 144 valence electrons. The molecule has 2 aromatic heterocycles. The number of ketones is 1. The van der Waals surface area contributed by atoms with Gasteiger partial charge in [0.1, 0.15) is 17.1 Å². The first kappa shape index (κ1) is 18.2. The quantitative estimate of drug-likeness (QED) is 0.654. The summed E-state index contributed by atoms with van der Waals surface area (Å²) in [5.41, 5.74) is 2.95. The molecule has 1 aliphatic heterocycles. The standard InChI is InChI=1S/C22H23N3O3/c1-15-4-3-5-20-23-19(14-25(15)20)22(27)24-12-10-17(11-13-24)21(26)16-6-8-18(28-2)9-7-16/h3-9,14,17H,10-13H2,1-2H3. The first-order valence-corrected chi connectivity index (χ1v) is 9.49. The topological polar surface area (TPSA) is 63.9 Å². The zero-order valence-corrected chi connectivity index (χ0v) is 16.1. The molecule has 0 N–H and O–H groups in total. The van der Waals surface area contributed by atoms with Gasteiger partial charge in [0.15, 0.2) is 5.78 Å². The summed E-state index contributed by atoms with van der Waals surface area (Å²) in [4.78, 5) is 31.8. The highest BCUT2D eigenvalue weighted by Gasteiger charge is 2.29. The fourth-order valence-corrected chi connectivity index (χ4v) is 3.75. The number of aromatic nitrogens is 2. The molecule has 0 aliphatic carbocycles. The Kier molecular flexibility index (Phi) is 4.86. The minimum Gasteiger partial charge on any atom is -0.497 e. The Labute approximate surface area is 163 Å². The number of piperidine rings is 1. The Morgan fingerprint density at radius 1 is 1.07 bits per heavy atom. The van der Waals surface area contributed by atoms with Crippen molar-refractivity contribution in [3.05, 3.63) is 65.6 Å². The van der Waals surface area contributed by atoms with Crippen LogP contribution in [0.4, 0.5) is 0 Å². The molecule has 3 heterocycles. The number of carbonyl (C=O) groups is 2. The SMILES string of the molecule is COc1ccc(C(=O)C2CCN(C(=O)c3cn4c(C)cccc4n3)CC2)cc1. The smallest absolute Gasteiger partial charge is 0.274 e. The normalized spacial score (nSPS) is 15.0. The van der Waals surface area contributed by atoms with Gasteiger partial charge in [-0.15, -0.1) is 0 Å². The number of pyridine rings is 1. The number of fused-ring (bicyclic) bond motifs is 1. The van der Waals surface area contributed by atoms with Crippen LogP contribution < -0.4 is 4.74 Å². The van der Waals surface area contributed by atoms with E-state index in [0.717, 1.165) is 17.1 Å². The summed E-state index contributed by atoms with van der Waals surface area (Å²) in [6.07, 6.45) is 3.13. The molecule has 0 saturated carbocycles. The molecule has 1 aliphatic rings. The van der Waals surface area contributed by atoms with Crippen molar-refractivity contribution < 1.29 is 14.3 Å². The zero-order chi connectivity index (χ0) is 19.7. The largest absolute Gasteiger partial charge is 0.497 e. The summed E-state index contributed by atoms with van der Waals surface area (Å²) >= 11 is 0. The predicted octanol–water partition coefficient (Wildman–Crippen LogP) is 3.39. The number of aryl methyl sites for hydroxylation is 1. The van der Waals surface area contributed by atoms with Crippen molar-refractivity contribution in [2.45, 2.75) is 19.8 Å². The fourth-order valence-electron chi connectivity index (χ4n) is 3.75. The summed E-state index contributed by atoms with van der Waals surface area (Å²) in [6, 6.07) is 13.0. The number of carbonyl (C=O) groups excluding carboxylic acids is 2. The van der Waals surface area contributed by atoms with Crippen LogP contribution in [-0.2, 0) is 0 Å². The van der Waals surface area contributed by atoms with E-state index in [-0.39, 0.29) is 17.6 Å². The number of imidazole rings is 1. The van der Waals surface area contributed by atoms with Crippen LogP contribution in [0.2, 0.25) is 0 Å². The molecule has 1 aromatic carbocycles. The lowest BCUT2D eigenvalue weighted by atomic mass is 9.89. The third kappa shape index (κ3) is 3.38. The Morgan fingerprint density at radius 3 is 2.43 bits per heavy atom. The molecular weight excluding hydrogens is 354 g/mol. The third-order valence-electron chi connectivity index (χ3n) is 5.44. The minimum absolute atomic E-state index is 0.0549. The van der Waals surface area contributed by atoms with Gasteiger partial charge in [-0.2, -0.15) is 0 Å². The van der Waals surface area contributed by atoms with Crippen LogP contribution in [0.3, 0.4) is 0 Å². The van der Waals surface area contributed by atoms with Crippen molar-refractivity contribution >= 4 is 17.3 Å². The highest BCUT2D eigenvalue weighted by atomic mass is 16.5. The molecule has 0 bridgehead atoms. The lowest BCUT2D eigenvalue weighted by Crippen LogP contribution is -2.40. The molecule has 1 saturated heterocycles. The predicted molar refractivity (Wildman–Crippen MR) is 106 cm³/mol. The molecule has 0 spiro atoms. The average Bonchev–Trinajstić information content (AvgIpc) is 3.19. The highest BCUT2D eigenvalue weighted by molar-refractivity contribution is 5.98. The maximum atomic E-state index is 12.8. The molecule has 3 aromatic rings. The van der Waals surface area contributed by atoms with Gasteiger partial charge in [-0.3, -0.25) is 9.59 Å². The zero-order valence-electron chi connectivity index (χ0n) is 16.1. The summed E-state index contributed by atoms with van der Waals surface area (Å²) in [6.45, 7) is 3.12. The van der Waals surface area contributed by atoms with E-state index in [1.165, 1.54) is 0 Å². The van der Waals surface area contributed by atoms with Crippen LogP contribution in [0.25, 0.3) is 5.65 Å². The summed E-state index contributed by atoms with van der Waals surface area (Å²) in [5.74, 6) is 0.747. The van der Waals surface area contributed by atoms with Gasteiger partial charge < -0.3 is 14.0 Å². The number of hydrogen-bond acceptors (Lipinski definition) is 4. The van der Waals surface area contributed by atoms with Crippen LogP contribution in [0.1, 0.15) is 39.4 Å². The van der Waals surface area contributed by atoms with Crippen molar-refractivity contribution in [2.24, 2.45) is 5.92 Å². The van der Waals surface area contributed by atoms with Gasteiger partial charge in [-0.05, 0) is 56.2 Å². The maximum absolute atomic E-state index is 12.8. The van der Waals surface area contributed by atoms with E-state index in [0.29, 0.717) is 37.2 Å². The number of ether oxygens (including phenoxy) is 1. The van der Waals surface area contributed by atoms with E-state index >= 15 is 0 Å². The van der Waals surface area contributed by atoms with E-state index < -0.39 is 0 Å². The Morgan fingerprint density at radius 2 is 1.79 bits per heavy atom. The van der Waals surface area contributed by atoms with Gasteiger partial charge in [0, 0.05) is 36.5 Å². The molecule has 6 heteroatoms. The van der Waals surface area contributed by atoms with Crippen LogP contribution >= 0.6 is 0 Å². The van der Waals surface area contributed by atoms with Gasteiger partial charge in [0.2, 0.25) is 0 Å². The maximum Gasteiger partial charge on any atom is 0.274 e. The first-order chi connectivity index (χ1) is 13.6. The Hall–Kier alpha value is -3.15. The average molecular weight is 377 g/mol. The number of methoxy groups -OCH3 is 1. The van der Waals surface area contributed by atoms with E-state index in [1.54, 1.807) is 42.5 Å². The van der Waals surface area contributed by atoms with E-state index in [4.69, 9.17) is 4.74 Å². The second kappa shape index (κ2) is 7.46. The molecule has 1 fully saturated rings. The first-order valence-electron chi connectivity index (χ1n) is 9.49. The van der Waals surface area contributed by atoms with Crippen LogP contribution in [-0.4, -0.2) is 46.2 Å². The Bertz CT molecular complexity index is 1020. The molecule has 4 rings (SSSR count). The van der Waals surface area contributed by atoms with E-state index in [1.807, 2.05) is 29.5 Å². The fraction of sp³-hybridized carbons (Fsp3) is 0.318. The van der Waals surface area contributed by atoms with Crippen LogP contribution in [0.15, 0.2) is 48.7 Å². The molecule has 6 nitrogen and oxygen atoms in total. The monoisotopic (exact) mass is 377 g/mol. The molecular formula is C22H23N3O3. The van der Waals surface area contributed by atoms with Crippen molar-refractivity contribution in [1.82, 2.24) is 14.3 Å². The number of Topliss-reactive ketones (excluding diaryl/α,β-unsaturated/α-hetero) is 1. The van der Waals surface area contributed by atoms with Crippen molar-refractivity contribution in [3.8, 4) is 5.75 Å². The van der Waals surface area contributed by atoms with Crippen molar-refractivity contribution in [2.75, 3.05) is 20.2 Å². The van der Waals surface area contributed by atoms with Crippen molar-refractivity contribution in [1.29, 1.82) is 0 Å². The van der Waals surface area contributed by atoms with Gasteiger partial charge >= 0.3 is 0 Å². The number of nitrogens with zero attached hydrogens (tertiary/aromatic N) is 3. The number of amides is 1. The number of hydrogen-bond donors (Lipinski definition) is 0. The molecule has 28 heavy (non-hydrogen) atoms.